The second-order valence-electron chi connectivity index (χ2n) is 12.7. The maximum atomic E-state index is 14.1. The van der Waals surface area contributed by atoms with E-state index in [-0.39, 0.29) is 24.3 Å². The van der Waals surface area contributed by atoms with Crippen LogP contribution in [-0.2, 0) is 30.2 Å². The molecule has 0 bridgehead atoms. The first-order valence-corrected chi connectivity index (χ1v) is 17.2. The van der Waals surface area contributed by atoms with Gasteiger partial charge < -0.3 is 33.9 Å². The third-order valence-corrected chi connectivity index (χ3v) is 10.0. The van der Waals surface area contributed by atoms with E-state index >= 15 is 0 Å². The number of hydrogen-bond donors (Lipinski definition) is 1. The van der Waals surface area contributed by atoms with Crippen LogP contribution < -0.4 is 0 Å². The molecule has 8 nitrogen and oxygen atoms in total. The number of nitrogens with zero attached hydrogens (tertiary/aromatic N) is 2. The summed E-state index contributed by atoms with van der Waals surface area (Å²) >= 11 is 0. The highest BCUT2D eigenvalue weighted by Crippen LogP contribution is 2.46. The van der Waals surface area contributed by atoms with Gasteiger partial charge in [0.1, 0.15) is 0 Å². The Hall–Kier alpha value is -2.75. The monoisotopic (exact) mass is 618 g/mol. The lowest BCUT2D eigenvalue weighted by molar-refractivity contribution is -0.172. The predicted octanol–water partition coefficient (Wildman–Crippen LogP) is 5.13. The van der Waals surface area contributed by atoms with E-state index in [1.165, 1.54) is 60.2 Å². The molecule has 0 saturated carbocycles. The minimum absolute atomic E-state index is 0.00619. The number of ether oxygens (including phenoxy) is 4. The summed E-state index contributed by atoms with van der Waals surface area (Å²) in [4.78, 5) is 18.7. The molecule has 1 N–H and O–H groups in total. The number of allylic oxidation sites excluding steroid dienone is 1. The molecule has 2 aromatic rings. The normalized spacial score (nSPS) is 23.7. The molecule has 1 amide bonds. The first-order chi connectivity index (χ1) is 22.2. The van der Waals surface area contributed by atoms with Crippen molar-refractivity contribution >= 4 is 5.91 Å². The summed E-state index contributed by atoms with van der Waals surface area (Å²) < 4.78 is 24.0. The summed E-state index contributed by atoms with van der Waals surface area (Å²) in [5, 5.41) is 8.96. The molecule has 3 atom stereocenters. The molecule has 2 fully saturated rings. The average Bonchev–Trinajstić information content (AvgIpc) is 3.47. The number of piperidine rings is 2. The largest absolute Gasteiger partial charge is 0.459 e. The Morgan fingerprint density at radius 1 is 0.911 bits per heavy atom. The van der Waals surface area contributed by atoms with Crippen molar-refractivity contribution in [3.8, 4) is 11.1 Å². The number of likely N-dealkylation sites (tertiary alicyclic amines) is 2. The lowest BCUT2D eigenvalue weighted by Gasteiger charge is -2.42. The van der Waals surface area contributed by atoms with Crippen LogP contribution in [0.1, 0.15) is 68.1 Å². The summed E-state index contributed by atoms with van der Waals surface area (Å²) in [7, 11) is 0. The van der Waals surface area contributed by atoms with Crippen molar-refractivity contribution in [2.75, 3.05) is 65.8 Å². The van der Waals surface area contributed by atoms with Gasteiger partial charge in [0.05, 0.1) is 26.4 Å². The van der Waals surface area contributed by atoms with Gasteiger partial charge in [-0.1, -0.05) is 48.9 Å². The number of carbonyl (C=O) groups is 1. The highest BCUT2D eigenvalue weighted by atomic mass is 16.7. The predicted molar refractivity (Wildman–Crippen MR) is 174 cm³/mol. The summed E-state index contributed by atoms with van der Waals surface area (Å²) in [5.74, 6) is 0.310. The molecule has 2 saturated heterocycles. The molecule has 0 unspecified atom stereocenters. The minimum Gasteiger partial charge on any atom is -0.459 e. The molecular weight excluding hydrogens is 568 g/mol. The molecule has 0 radical (unpaired) electrons. The highest BCUT2D eigenvalue weighted by molar-refractivity contribution is 5.92. The van der Waals surface area contributed by atoms with Gasteiger partial charge in [-0.25, -0.2) is 0 Å². The van der Waals surface area contributed by atoms with Crippen LogP contribution in [-0.4, -0.2) is 99.0 Å². The molecule has 3 heterocycles. The van der Waals surface area contributed by atoms with Crippen molar-refractivity contribution in [2.45, 2.75) is 70.1 Å². The molecule has 0 aromatic heterocycles. The van der Waals surface area contributed by atoms with Gasteiger partial charge in [0.25, 0.3) is 5.91 Å². The maximum absolute atomic E-state index is 14.1. The summed E-state index contributed by atoms with van der Waals surface area (Å²) in [6, 6.07) is 15.8. The van der Waals surface area contributed by atoms with E-state index in [2.05, 4.69) is 53.4 Å². The van der Waals surface area contributed by atoms with Gasteiger partial charge in [0, 0.05) is 44.2 Å². The van der Waals surface area contributed by atoms with E-state index < -0.39 is 6.29 Å². The lowest BCUT2D eigenvalue weighted by atomic mass is 9.78. The first-order valence-electron chi connectivity index (χ1n) is 17.2. The van der Waals surface area contributed by atoms with E-state index in [1.807, 2.05) is 11.8 Å². The summed E-state index contributed by atoms with van der Waals surface area (Å²) in [5.41, 5.74) is 6.48. The number of aliphatic hydroxyl groups excluding tert-OH is 1. The van der Waals surface area contributed by atoms with Gasteiger partial charge >= 0.3 is 0 Å². The van der Waals surface area contributed by atoms with Gasteiger partial charge in [-0.15, -0.1) is 0 Å². The Bertz CT molecular complexity index is 1300. The van der Waals surface area contributed by atoms with Gasteiger partial charge in [-0.05, 0) is 92.4 Å². The number of carbonyl (C=O) groups excluding carboxylic acids is 1. The first kappa shape index (κ1) is 32.2. The van der Waals surface area contributed by atoms with E-state index in [0.717, 1.165) is 32.4 Å². The minimum atomic E-state index is -0.552. The van der Waals surface area contributed by atoms with Crippen LogP contribution in [0.3, 0.4) is 0 Å². The molecule has 244 valence electrons. The van der Waals surface area contributed by atoms with Gasteiger partial charge in [0.15, 0.2) is 5.76 Å². The number of amides is 1. The molecular formula is C37H50N2O6. The molecule has 1 aliphatic carbocycles. The van der Waals surface area contributed by atoms with E-state index in [1.54, 1.807) is 0 Å². The number of aliphatic hydroxyl groups is 1. The van der Waals surface area contributed by atoms with Crippen LogP contribution in [0.25, 0.3) is 11.1 Å². The van der Waals surface area contributed by atoms with Crippen molar-refractivity contribution in [3.05, 3.63) is 71.0 Å². The topological polar surface area (TPSA) is 80.7 Å². The SMILES string of the molecule is CCO[C@H]1OC(C(=O)N2CCC(N3CCCCC3)CC2)=C[C@@H](c2cccc3c2Cc2ccccc2-3)[C@H]1CCOCCOCCO. The van der Waals surface area contributed by atoms with Crippen LogP contribution in [0, 0.1) is 5.92 Å². The zero-order chi connectivity index (χ0) is 31.0. The van der Waals surface area contributed by atoms with E-state index in [4.69, 9.17) is 24.1 Å². The van der Waals surface area contributed by atoms with Gasteiger partial charge in [-0.3, -0.25) is 4.79 Å². The molecule has 45 heavy (non-hydrogen) atoms. The molecule has 4 aliphatic rings. The number of fused-ring (bicyclic) bond motifs is 3. The molecule has 0 spiro atoms. The summed E-state index contributed by atoms with van der Waals surface area (Å²) in [6.45, 7) is 8.11. The van der Waals surface area contributed by atoms with Crippen LogP contribution in [0.5, 0.6) is 0 Å². The third-order valence-electron chi connectivity index (χ3n) is 10.0. The fourth-order valence-corrected chi connectivity index (χ4v) is 7.76. The fourth-order valence-electron chi connectivity index (χ4n) is 7.76. The van der Waals surface area contributed by atoms with Crippen LogP contribution in [0.15, 0.2) is 54.3 Å². The van der Waals surface area contributed by atoms with Gasteiger partial charge in [0.2, 0.25) is 6.29 Å². The third kappa shape index (κ3) is 7.47. The van der Waals surface area contributed by atoms with Crippen molar-refractivity contribution in [1.82, 2.24) is 9.80 Å². The maximum Gasteiger partial charge on any atom is 0.288 e. The Kier molecular flexibility index (Phi) is 11.2. The van der Waals surface area contributed by atoms with E-state index in [0.29, 0.717) is 51.3 Å². The van der Waals surface area contributed by atoms with Crippen molar-refractivity contribution in [2.24, 2.45) is 5.92 Å². The van der Waals surface area contributed by atoms with Crippen molar-refractivity contribution < 1.29 is 28.8 Å². The van der Waals surface area contributed by atoms with Gasteiger partial charge in [-0.2, -0.15) is 0 Å². The summed E-state index contributed by atoms with van der Waals surface area (Å²) in [6.07, 6.45) is 9.08. The van der Waals surface area contributed by atoms with Crippen LogP contribution in [0.2, 0.25) is 0 Å². The number of benzene rings is 2. The fraction of sp³-hybridized carbons (Fsp3) is 0.595. The van der Waals surface area contributed by atoms with Crippen LogP contribution >= 0.6 is 0 Å². The Morgan fingerprint density at radius 2 is 1.67 bits per heavy atom. The van der Waals surface area contributed by atoms with Crippen LogP contribution in [0.4, 0.5) is 0 Å². The Labute approximate surface area is 268 Å². The van der Waals surface area contributed by atoms with Crippen molar-refractivity contribution in [3.63, 3.8) is 0 Å². The van der Waals surface area contributed by atoms with Crippen molar-refractivity contribution in [1.29, 1.82) is 0 Å². The van der Waals surface area contributed by atoms with E-state index in [9.17, 15) is 4.79 Å². The average molecular weight is 619 g/mol. The standard InChI is InChI=1S/C37H50N2O6/c1-2-44-37-32(15-21-42-23-24-43-22-20-40)34(31-12-8-11-30-29-10-5-4-9-27(29)25-33(30)31)26-35(45-37)36(41)39-18-13-28(14-19-39)38-16-6-3-7-17-38/h4-5,8-12,26,28,32,34,37,40H,2-3,6-7,13-25H2,1H3/t32-,34+,37+/m1/s1. The Morgan fingerprint density at radius 3 is 2.44 bits per heavy atom. The zero-order valence-corrected chi connectivity index (χ0v) is 26.8. The quantitative estimate of drug-likeness (QED) is 0.266. The lowest BCUT2D eigenvalue weighted by Crippen LogP contribution is -2.49. The second-order valence-corrected chi connectivity index (χ2v) is 12.7. The smallest absolute Gasteiger partial charge is 0.288 e. The number of rotatable bonds is 13. The molecule has 2 aromatic carbocycles. The molecule has 8 heteroatoms. The zero-order valence-electron chi connectivity index (χ0n) is 26.8. The molecule has 6 rings (SSSR count). The highest BCUT2D eigenvalue weighted by Gasteiger charge is 2.41. The Balaban J connectivity index is 1.24. The number of hydrogen-bond acceptors (Lipinski definition) is 7. The molecule has 3 aliphatic heterocycles. The second kappa shape index (κ2) is 15.7.